The van der Waals surface area contributed by atoms with Gasteiger partial charge in [0.1, 0.15) is 30.0 Å². The van der Waals surface area contributed by atoms with Gasteiger partial charge in [-0.15, -0.1) is 10.2 Å². The molecule has 2 aromatic heterocycles. The maximum absolute atomic E-state index is 12.9. The van der Waals surface area contributed by atoms with Gasteiger partial charge in [0.2, 0.25) is 4.96 Å². The molecule has 0 fully saturated rings. The SMILES string of the molecule is C[C@H](Oc1ccccc1)c1nn2c(COc3ccc(F)cc3)nnc2s1. The first-order valence-corrected chi connectivity index (χ1v) is 8.82. The van der Waals surface area contributed by atoms with Crippen molar-refractivity contribution >= 4 is 16.3 Å². The van der Waals surface area contributed by atoms with E-state index in [1.165, 1.54) is 23.5 Å². The van der Waals surface area contributed by atoms with Crippen molar-refractivity contribution in [1.29, 1.82) is 0 Å². The number of aromatic nitrogens is 4. The maximum atomic E-state index is 12.9. The fourth-order valence-electron chi connectivity index (χ4n) is 2.36. The zero-order valence-corrected chi connectivity index (χ0v) is 14.7. The lowest BCUT2D eigenvalue weighted by Gasteiger charge is -2.11. The average Bonchev–Trinajstić information content (AvgIpc) is 3.23. The smallest absolute Gasteiger partial charge is 0.234 e. The fraction of sp³-hybridized carbons (Fsp3) is 0.167. The Balaban J connectivity index is 1.48. The monoisotopic (exact) mass is 370 g/mol. The molecule has 6 nitrogen and oxygen atoms in total. The quantitative estimate of drug-likeness (QED) is 0.512. The first kappa shape index (κ1) is 16.5. The van der Waals surface area contributed by atoms with Crippen LogP contribution < -0.4 is 9.47 Å². The third-order valence-corrected chi connectivity index (χ3v) is 4.72. The van der Waals surface area contributed by atoms with Gasteiger partial charge in [-0.1, -0.05) is 29.5 Å². The highest BCUT2D eigenvalue weighted by Gasteiger charge is 2.17. The molecule has 0 unspecified atom stereocenters. The normalized spacial score (nSPS) is 12.2. The molecular formula is C18H15FN4O2S. The van der Waals surface area contributed by atoms with Crippen molar-refractivity contribution in [3.05, 3.63) is 71.2 Å². The van der Waals surface area contributed by atoms with Crippen molar-refractivity contribution < 1.29 is 13.9 Å². The molecule has 4 aromatic rings. The summed E-state index contributed by atoms with van der Waals surface area (Å²) in [6.45, 7) is 2.12. The minimum atomic E-state index is -0.307. The van der Waals surface area contributed by atoms with Crippen LogP contribution in [0.4, 0.5) is 4.39 Å². The number of rotatable bonds is 6. The summed E-state index contributed by atoms with van der Waals surface area (Å²) in [6, 6.07) is 15.4. The summed E-state index contributed by atoms with van der Waals surface area (Å²) in [5.41, 5.74) is 0. The van der Waals surface area contributed by atoms with E-state index in [0.717, 1.165) is 10.8 Å². The zero-order valence-electron chi connectivity index (χ0n) is 13.9. The maximum Gasteiger partial charge on any atom is 0.234 e. The summed E-state index contributed by atoms with van der Waals surface area (Å²) in [5.74, 6) is 1.60. The second-order valence-corrected chi connectivity index (χ2v) is 6.55. The third-order valence-electron chi connectivity index (χ3n) is 3.66. The molecule has 4 rings (SSSR count). The van der Waals surface area contributed by atoms with Gasteiger partial charge in [-0.05, 0) is 43.3 Å². The molecular weight excluding hydrogens is 355 g/mol. The summed E-state index contributed by atoms with van der Waals surface area (Å²) < 4.78 is 26.1. The van der Waals surface area contributed by atoms with Crippen molar-refractivity contribution in [2.45, 2.75) is 19.6 Å². The fourth-order valence-corrected chi connectivity index (χ4v) is 3.20. The summed E-state index contributed by atoms with van der Waals surface area (Å²) in [6.07, 6.45) is -0.213. The van der Waals surface area contributed by atoms with Crippen molar-refractivity contribution in [2.75, 3.05) is 0 Å². The highest BCUT2D eigenvalue weighted by atomic mass is 32.1. The molecule has 0 radical (unpaired) electrons. The van der Waals surface area contributed by atoms with Gasteiger partial charge >= 0.3 is 0 Å². The Bertz CT molecular complexity index is 1000. The number of para-hydroxylation sites is 1. The molecule has 2 aromatic carbocycles. The molecule has 8 heteroatoms. The van der Waals surface area contributed by atoms with Crippen LogP contribution in [0.5, 0.6) is 11.5 Å². The summed E-state index contributed by atoms with van der Waals surface area (Å²) in [4.78, 5) is 0.668. The Kier molecular flexibility index (Phi) is 4.49. The van der Waals surface area contributed by atoms with Crippen LogP contribution in [0.1, 0.15) is 23.9 Å². The first-order chi connectivity index (χ1) is 12.7. The van der Waals surface area contributed by atoms with E-state index >= 15 is 0 Å². The summed E-state index contributed by atoms with van der Waals surface area (Å²) in [7, 11) is 0. The molecule has 0 bridgehead atoms. The third kappa shape index (κ3) is 3.50. The Morgan fingerprint density at radius 2 is 1.81 bits per heavy atom. The van der Waals surface area contributed by atoms with Crippen LogP contribution in [-0.4, -0.2) is 19.8 Å². The Labute approximate surface area is 152 Å². The van der Waals surface area contributed by atoms with Crippen LogP contribution in [0.3, 0.4) is 0 Å². The summed E-state index contributed by atoms with van der Waals surface area (Å²) >= 11 is 1.42. The molecule has 0 N–H and O–H groups in total. The predicted octanol–water partition coefficient (Wildman–Crippen LogP) is 4.04. The summed E-state index contributed by atoms with van der Waals surface area (Å²) in [5, 5.41) is 13.6. The van der Waals surface area contributed by atoms with Crippen LogP contribution in [0, 0.1) is 5.82 Å². The molecule has 0 amide bonds. The highest BCUT2D eigenvalue weighted by molar-refractivity contribution is 7.16. The van der Waals surface area contributed by atoms with E-state index in [0.29, 0.717) is 16.5 Å². The lowest BCUT2D eigenvalue weighted by atomic mass is 10.3. The van der Waals surface area contributed by atoms with E-state index in [2.05, 4.69) is 15.3 Å². The van der Waals surface area contributed by atoms with Crippen LogP contribution >= 0.6 is 11.3 Å². The van der Waals surface area contributed by atoms with Gasteiger partial charge in [-0.3, -0.25) is 0 Å². The van der Waals surface area contributed by atoms with Gasteiger partial charge in [-0.2, -0.15) is 9.61 Å². The van der Waals surface area contributed by atoms with Crippen molar-refractivity contribution in [1.82, 2.24) is 19.8 Å². The molecule has 0 aliphatic heterocycles. The molecule has 26 heavy (non-hydrogen) atoms. The van der Waals surface area contributed by atoms with E-state index in [-0.39, 0.29) is 18.5 Å². The van der Waals surface area contributed by atoms with Crippen molar-refractivity contribution in [3.8, 4) is 11.5 Å². The highest BCUT2D eigenvalue weighted by Crippen LogP contribution is 2.25. The Morgan fingerprint density at radius 1 is 1.04 bits per heavy atom. The van der Waals surface area contributed by atoms with Crippen LogP contribution in [0.25, 0.3) is 4.96 Å². The zero-order chi connectivity index (χ0) is 17.9. The number of halogens is 1. The molecule has 0 saturated carbocycles. The molecule has 0 aliphatic carbocycles. The Hall–Kier alpha value is -3.00. The number of nitrogens with zero attached hydrogens (tertiary/aromatic N) is 4. The predicted molar refractivity (Wildman–Crippen MR) is 94.9 cm³/mol. The molecule has 1 atom stereocenters. The second kappa shape index (κ2) is 7.09. The van der Waals surface area contributed by atoms with Gasteiger partial charge in [-0.25, -0.2) is 4.39 Å². The number of fused-ring (bicyclic) bond motifs is 1. The topological polar surface area (TPSA) is 61.5 Å². The minimum Gasteiger partial charge on any atom is -0.486 e. The van der Waals surface area contributed by atoms with Gasteiger partial charge in [0.25, 0.3) is 0 Å². The number of hydrogen-bond donors (Lipinski definition) is 0. The van der Waals surface area contributed by atoms with Gasteiger partial charge in [0.15, 0.2) is 10.8 Å². The molecule has 0 spiro atoms. The first-order valence-electron chi connectivity index (χ1n) is 8.00. The standard InChI is InChI=1S/C18H15FN4O2S/c1-12(25-15-5-3-2-4-6-15)17-22-23-16(20-21-18(23)26-17)11-24-14-9-7-13(19)8-10-14/h2-10,12H,11H2,1H3/t12-/m0/s1. The van der Waals surface area contributed by atoms with Gasteiger partial charge in [0.05, 0.1) is 0 Å². The van der Waals surface area contributed by atoms with Crippen molar-refractivity contribution in [2.24, 2.45) is 0 Å². The number of ether oxygens (including phenoxy) is 2. The molecule has 0 saturated heterocycles. The van der Waals surface area contributed by atoms with E-state index in [4.69, 9.17) is 9.47 Å². The van der Waals surface area contributed by atoms with Gasteiger partial charge < -0.3 is 9.47 Å². The minimum absolute atomic E-state index is 0.184. The van der Waals surface area contributed by atoms with Gasteiger partial charge in [0, 0.05) is 0 Å². The second-order valence-electron chi connectivity index (χ2n) is 5.57. The van der Waals surface area contributed by atoms with Crippen LogP contribution in [0.15, 0.2) is 54.6 Å². The van der Waals surface area contributed by atoms with E-state index in [1.807, 2.05) is 37.3 Å². The van der Waals surface area contributed by atoms with Crippen LogP contribution in [0.2, 0.25) is 0 Å². The largest absolute Gasteiger partial charge is 0.486 e. The van der Waals surface area contributed by atoms with E-state index in [9.17, 15) is 4.39 Å². The van der Waals surface area contributed by atoms with Crippen LogP contribution in [-0.2, 0) is 6.61 Å². The number of benzene rings is 2. The lowest BCUT2D eigenvalue weighted by Crippen LogP contribution is -2.06. The molecule has 2 heterocycles. The molecule has 0 aliphatic rings. The molecule has 132 valence electrons. The Morgan fingerprint density at radius 3 is 2.58 bits per heavy atom. The lowest BCUT2D eigenvalue weighted by molar-refractivity contribution is 0.224. The van der Waals surface area contributed by atoms with E-state index in [1.54, 1.807) is 16.6 Å². The van der Waals surface area contributed by atoms with Crippen molar-refractivity contribution in [3.63, 3.8) is 0 Å². The van der Waals surface area contributed by atoms with E-state index < -0.39 is 0 Å². The average molecular weight is 370 g/mol. The number of hydrogen-bond acceptors (Lipinski definition) is 6.